The Bertz CT molecular complexity index is 800. The summed E-state index contributed by atoms with van der Waals surface area (Å²) >= 11 is 0. The number of nitrogens with zero attached hydrogens (tertiary/aromatic N) is 4. The van der Waals surface area contributed by atoms with Crippen LogP contribution in [0.2, 0.25) is 0 Å². The molecule has 3 heterocycles. The predicted octanol–water partition coefficient (Wildman–Crippen LogP) is 3.05. The average molecular weight is 379 g/mol. The van der Waals surface area contributed by atoms with Gasteiger partial charge in [-0.1, -0.05) is 6.08 Å². The summed E-state index contributed by atoms with van der Waals surface area (Å²) < 4.78 is 39.7. The van der Waals surface area contributed by atoms with Crippen LogP contribution in [0.5, 0.6) is 0 Å². The van der Waals surface area contributed by atoms with Gasteiger partial charge < -0.3 is 10.2 Å². The Morgan fingerprint density at radius 2 is 2.19 bits per heavy atom. The lowest BCUT2D eigenvalue weighted by atomic mass is 10.1. The molecule has 1 fully saturated rings. The summed E-state index contributed by atoms with van der Waals surface area (Å²) in [5, 5.41) is 6.36. The Morgan fingerprint density at radius 3 is 2.81 bits per heavy atom. The summed E-state index contributed by atoms with van der Waals surface area (Å²) in [7, 11) is 0. The molecule has 2 aromatic heterocycles. The standard InChI is InChI=1S/C18H20F3N5O/c1-2-8-22-17(27)13-5-6-16(23-11-13)25-9-3-4-14(12-25)26-10-7-15(24-26)18(19,20)21/h2,5-7,10-11,14H,1,3-4,8-9,12H2,(H,22,27). The van der Waals surface area contributed by atoms with Gasteiger partial charge in [0.2, 0.25) is 0 Å². The van der Waals surface area contributed by atoms with Crippen molar-refractivity contribution in [3.63, 3.8) is 0 Å². The van der Waals surface area contributed by atoms with Gasteiger partial charge in [0.05, 0.1) is 11.6 Å². The number of pyridine rings is 1. The molecule has 0 radical (unpaired) electrons. The minimum atomic E-state index is -4.44. The maximum absolute atomic E-state index is 12.8. The molecule has 6 nitrogen and oxygen atoms in total. The fourth-order valence-corrected chi connectivity index (χ4v) is 3.05. The number of amides is 1. The molecule has 3 rings (SSSR count). The van der Waals surface area contributed by atoms with Gasteiger partial charge in [-0.25, -0.2) is 4.98 Å². The molecule has 0 aromatic carbocycles. The number of nitrogens with one attached hydrogen (secondary N) is 1. The quantitative estimate of drug-likeness (QED) is 0.811. The lowest BCUT2D eigenvalue weighted by Gasteiger charge is -2.33. The average Bonchev–Trinajstić information content (AvgIpc) is 3.17. The number of rotatable bonds is 5. The molecule has 1 N–H and O–H groups in total. The number of hydrogen-bond acceptors (Lipinski definition) is 4. The van der Waals surface area contributed by atoms with Crippen LogP contribution in [0.25, 0.3) is 0 Å². The van der Waals surface area contributed by atoms with Crippen molar-refractivity contribution in [2.45, 2.75) is 25.1 Å². The van der Waals surface area contributed by atoms with Gasteiger partial charge in [-0.15, -0.1) is 6.58 Å². The van der Waals surface area contributed by atoms with E-state index < -0.39 is 11.9 Å². The van der Waals surface area contributed by atoms with Crippen LogP contribution in [0.15, 0.2) is 43.2 Å². The zero-order valence-corrected chi connectivity index (χ0v) is 14.6. The van der Waals surface area contributed by atoms with E-state index in [-0.39, 0.29) is 11.9 Å². The zero-order valence-electron chi connectivity index (χ0n) is 14.6. The molecular formula is C18H20F3N5O. The highest BCUT2D eigenvalue weighted by molar-refractivity contribution is 5.94. The highest BCUT2D eigenvalue weighted by Crippen LogP contribution is 2.30. The number of hydrogen-bond donors (Lipinski definition) is 1. The molecule has 1 unspecified atom stereocenters. The van der Waals surface area contributed by atoms with Crippen LogP contribution in [0, 0.1) is 0 Å². The van der Waals surface area contributed by atoms with E-state index in [0.29, 0.717) is 24.5 Å². The predicted molar refractivity (Wildman–Crippen MR) is 94.5 cm³/mol. The molecule has 0 saturated carbocycles. The molecule has 27 heavy (non-hydrogen) atoms. The molecule has 0 bridgehead atoms. The fourth-order valence-electron chi connectivity index (χ4n) is 3.05. The molecule has 144 valence electrons. The van der Waals surface area contributed by atoms with Gasteiger partial charge in [0.15, 0.2) is 5.69 Å². The van der Waals surface area contributed by atoms with Gasteiger partial charge in [-0.2, -0.15) is 18.3 Å². The first-order valence-electron chi connectivity index (χ1n) is 8.61. The largest absolute Gasteiger partial charge is 0.435 e. The third-order valence-corrected chi connectivity index (χ3v) is 4.41. The van der Waals surface area contributed by atoms with Crippen molar-refractivity contribution < 1.29 is 18.0 Å². The molecule has 0 spiro atoms. The minimum Gasteiger partial charge on any atom is -0.354 e. The molecule has 0 aliphatic carbocycles. The Kier molecular flexibility index (Phi) is 5.48. The highest BCUT2D eigenvalue weighted by Gasteiger charge is 2.34. The summed E-state index contributed by atoms with van der Waals surface area (Å²) in [4.78, 5) is 18.2. The first kappa shape index (κ1) is 18.9. The second-order valence-electron chi connectivity index (χ2n) is 6.32. The Morgan fingerprint density at radius 1 is 1.37 bits per heavy atom. The van der Waals surface area contributed by atoms with Crippen LogP contribution in [0.3, 0.4) is 0 Å². The van der Waals surface area contributed by atoms with Gasteiger partial charge in [0.25, 0.3) is 5.91 Å². The van der Waals surface area contributed by atoms with E-state index in [2.05, 4.69) is 22.0 Å². The molecule has 1 atom stereocenters. The number of carbonyl (C=O) groups is 1. The molecule has 1 amide bonds. The van der Waals surface area contributed by atoms with E-state index in [1.807, 2.05) is 4.90 Å². The maximum atomic E-state index is 12.8. The van der Waals surface area contributed by atoms with Gasteiger partial charge in [0, 0.05) is 32.0 Å². The molecule has 1 aliphatic rings. The summed E-state index contributed by atoms with van der Waals surface area (Å²) in [5.41, 5.74) is -0.441. The van der Waals surface area contributed by atoms with E-state index in [1.54, 1.807) is 18.2 Å². The van der Waals surface area contributed by atoms with Crippen molar-refractivity contribution in [2.75, 3.05) is 24.5 Å². The van der Waals surface area contributed by atoms with Gasteiger partial charge >= 0.3 is 6.18 Å². The molecule has 2 aromatic rings. The molecular weight excluding hydrogens is 359 g/mol. The Labute approximate surface area is 154 Å². The maximum Gasteiger partial charge on any atom is 0.435 e. The first-order valence-corrected chi connectivity index (χ1v) is 8.61. The number of carbonyl (C=O) groups excluding carboxylic acids is 1. The number of piperidine rings is 1. The van der Waals surface area contributed by atoms with E-state index >= 15 is 0 Å². The van der Waals surface area contributed by atoms with E-state index in [9.17, 15) is 18.0 Å². The van der Waals surface area contributed by atoms with Crippen LogP contribution in [-0.4, -0.2) is 40.3 Å². The lowest BCUT2D eigenvalue weighted by Crippen LogP contribution is -2.37. The molecule has 1 aliphatic heterocycles. The lowest BCUT2D eigenvalue weighted by molar-refractivity contribution is -0.141. The van der Waals surface area contributed by atoms with Crippen LogP contribution in [0.1, 0.15) is 34.9 Å². The van der Waals surface area contributed by atoms with Crippen molar-refractivity contribution in [1.29, 1.82) is 0 Å². The monoisotopic (exact) mass is 379 g/mol. The second-order valence-corrected chi connectivity index (χ2v) is 6.32. The van der Waals surface area contributed by atoms with Crippen LogP contribution in [0.4, 0.5) is 19.0 Å². The van der Waals surface area contributed by atoms with E-state index in [1.165, 1.54) is 17.1 Å². The normalized spacial score (nSPS) is 17.6. The van der Waals surface area contributed by atoms with Crippen molar-refractivity contribution in [3.05, 3.63) is 54.5 Å². The molecule has 1 saturated heterocycles. The van der Waals surface area contributed by atoms with Crippen LogP contribution >= 0.6 is 0 Å². The summed E-state index contributed by atoms with van der Waals surface area (Å²) in [5.74, 6) is 0.449. The summed E-state index contributed by atoms with van der Waals surface area (Å²) in [6.45, 7) is 5.17. The van der Waals surface area contributed by atoms with Crippen molar-refractivity contribution in [3.8, 4) is 0 Å². The topological polar surface area (TPSA) is 63.1 Å². The van der Waals surface area contributed by atoms with Crippen LogP contribution in [-0.2, 0) is 6.18 Å². The van der Waals surface area contributed by atoms with Crippen molar-refractivity contribution in [1.82, 2.24) is 20.1 Å². The highest BCUT2D eigenvalue weighted by atomic mass is 19.4. The van der Waals surface area contributed by atoms with Gasteiger partial charge in [0.1, 0.15) is 5.82 Å². The summed E-state index contributed by atoms with van der Waals surface area (Å²) in [6, 6.07) is 4.26. The number of aromatic nitrogens is 3. The third-order valence-electron chi connectivity index (χ3n) is 4.41. The smallest absolute Gasteiger partial charge is 0.354 e. The first-order chi connectivity index (χ1) is 12.9. The summed E-state index contributed by atoms with van der Waals surface area (Å²) in [6.07, 6.45) is 1.58. The van der Waals surface area contributed by atoms with Crippen molar-refractivity contribution >= 4 is 11.7 Å². The number of alkyl halides is 3. The number of anilines is 1. The van der Waals surface area contributed by atoms with E-state index in [4.69, 9.17) is 0 Å². The zero-order chi connectivity index (χ0) is 19.4. The number of halogens is 3. The van der Waals surface area contributed by atoms with E-state index in [0.717, 1.165) is 25.5 Å². The SMILES string of the molecule is C=CCNC(=O)c1ccc(N2CCCC(n3ccc(C(F)(F)F)n3)C2)nc1. The fraction of sp³-hybridized carbons (Fsp3) is 0.389. The Balaban J connectivity index is 1.68. The van der Waals surface area contributed by atoms with Gasteiger partial charge in [-0.05, 0) is 31.0 Å². The third kappa shape index (κ3) is 4.47. The van der Waals surface area contributed by atoms with Crippen LogP contribution < -0.4 is 10.2 Å². The van der Waals surface area contributed by atoms with Crippen molar-refractivity contribution in [2.24, 2.45) is 0 Å². The minimum absolute atomic E-state index is 0.160. The van der Waals surface area contributed by atoms with Gasteiger partial charge in [-0.3, -0.25) is 9.48 Å². The molecule has 9 heteroatoms. The second kappa shape index (κ2) is 7.81. The Hall–Kier alpha value is -2.84.